The highest BCUT2D eigenvalue weighted by Gasteiger charge is 2.39. The largest absolute Gasteiger partial charge is 0.359 e. The summed E-state index contributed by atoms with van der Waals surface area (Å²) in [7, 11) is 0. The molecule has 2 aliphatic rings. The van der Waals surface area contributed by atoms with E-state index in [1.165, 1.54) is 37.1 Å². The highest BCUT2D eigenvalue weighted by atomic mass is 32.2. The highest BCUT2D eigenvalue weighted by Crippen LogP contribution is 2.38. The van der Waals surface area contributed by atoms with Gasteiger partial charge in [-0.1, -0.05) is 18.7 Å². The second-order valence-electron chi connectivity index (χ2n) is 6.17. The maximum absolute atomic E-state index is 4.73. The van der Waals surface area contributed by atoms with Crippen molar-refractivity contribution in [3.8, 4) is 0 Å². The van der Waals surface area contributed by atoms with Crippen LogP contribution in [0.15, 0.2) is 10.4 Å². The van der Waals surface area contributed by atoms with Gasteiger partial charge in [0, 0.05) is 29.6 Å². The molecule has 5 heteroatoms. The van der Waals surface area contributed by atoms with Crippen molar-refractivity contribution in [1.82, 2.24) is 10.3 Å². The Labute approximate surface area is 129 Å². The van der Waals surface area contributed by atoms with Gasteiger partial charge in [0.05, 0.1) is 10.7 Å². The van der Waals surface area contributed by atoms with E-state index in [9.17, 15) is 0 Å². The molecule has 1 aromatic heterocycles. The fourth-order valence-electron chi connectivity index (χ4n) is 2.97. The molecular weight excluding hydrogens is 286 g/mol. The first-order valence-electron chi connectivity index (χ1n) is 7.52. The van der Waals surface area contributed by atoms with Crippen LogP contribution < -0.4 is 5.32 Å². The van der Waals surface area contributed by atoms with Gasteiger partial charge in [-0.3, -0.25) is 4.99 Å². The van der Waals surface area contributed by atoms with E-state index in [2.05, 4.69) is 29.5 Å². The molecule has 0 aromatic carbocycles. The highest BCUT2D eigenvalue weighted by molar-refractivity contribution is 8.14. The van der Waals surface area contributed by atoms with Crippen molar-refractivity contribution in [1.29, 1.82) is 0 Å². The average Bonchev–Trinajstić information content (AvgIpc) is 3.02. The van der Waals surface area contributed by atoms with Crippen LogP contribution >= 0.6 is 23.1 Å². The van der Waals surface area contributed by atoms with Gasteiger partial charge in [-0.25, -0.2) is 4.98 Å². The summed E-state index contributed by atoms with van der Waals surface area (Å²) in [5.41, 5.74) is 1.54. The van der Waals surface area contributed by atoms with E-state index >= 15 is 0 Å². The lowest BCUT2D eigenvalue weighted by molar-refractivity contribution is 0.251. The maximum Gasteiger partial charge on any atom is 0.157 e. The van der Waals surface area contributed by atoms with Gasteiger partial charge in [0.2, 0.25) is 0 Å². The molecule has 2 fully saturated rings. The molecule has 0 bridgehead atoms. The first-order valence-corrected chi connectivity index (χ1v) is 9.38. The fourth-order valence-corrected chi connectivity index (χ4v) is 4.86. The van der Waals surface area contributed by atoms with Gasteiger partial charge in [0.1, 0.15) is 0 Å². The average molecular weight is 310 g/mol. The number of hydrogen-bond donors (Lipinski definition) is 1. The molecule has 1 aliphatic heterocycles. The number of thiazole rings is 1. The third kappa shape index (κ3) is 3.37. The molecule has 3 nitrogen and oxygen atoms in total. The normalized spacial score (nSPS) is 31.9. The van der Waals surface area contributed by atoms with E-state index < -0.39 is 0 Å². The quantitative estimate of drug-likeness (QED) is 0.926. The minimum absolute atomic E-state index is 0.354. The molecular formula is C15H23N3S2. The molecule has 1 spiro atoms. The number of aryl methyl sites for hydroxylation is 1. The van der Waals surface area contributed by atoms with Crippen molar-refractivity contribution < 1.29 is 0 Å². The number of aliphatic imine (C=N–C) groups is 1. The Balaban J connectivity index is 1.50. The molecule has 110 valence electrons. The zero-order valence-electron chi connectivity index (χ0n) is 12.3. The van der Waals surface area contributed by atoms with Gasteiger partial charge in [0.15, 0.2) is 5.17 Å². The molecule has 2 heterocycles. The predicted molar refractivity (Wildman–Crippen MR) is 88.8 cm³/mol. The van der Waals surface area contributed by atoms with Crippen LogP contribution in [0.25, 0.3) is 0 Å². The van der Waals surface area contributed by atoms with Crippen LogP contribution in [-0.2, 0) is 6.42 Å². The van der Waals surface area contributed by atoms with Crippen LogP contribution in [0.2, 0.25) is 0 Å². The summed E-state index contributed by atoms with van der Waals surface area (Å²) in [6, 6.07) is 0. The number of nitrogens with zero attached hydrogens (tertiary/aromatic N) is 2. The summed E-state index contributed by atoms with van der Waals surface area (Å²) in [4.78, 5) is 9.22. The summed E-state index contributed by atoms with van der Waals surface area (Å²) >= 11 is 3.63. The van der Waals surface area contributed by atoms with Crippen LogP contribution in [0.5, 0.6) is 0 Å². The smallest absolute Gasteiger partial charge is 0.157 e. The third-order valence-corrected chi connectivity index (χ3v) is 6.40. The Morgan fingerprint density at radius 3 is 2.95 bits per heavy atom. The first kappa shape index (κ1) is 14.4. The lowest BCUT2D eigenvalue weighted by Crippen LogP contribution is -2.46. The Kier molecular flexibility index (Phi) is 4.36. The maximum atomic E-state index is 4.73. The summed E-state index contributed by atoms with van der Waals surface area (Å²) < 4.78 is 0. The van der Waals surface area contributed by atoms with Crippen LogP contribution in [-0.4, -0.2) is 28.0 Å². The number of amidine groups is 1. The van der Waals surface area contributed by atoms with Gasteiger partial charge < -0.3 is 5.32 Å². The second kappa shape index (κ2) is 6.06. The zero-order chi connectivity index (χ0) is 14.0. The van der Waals surface area contributed by atoms with E-state index in [4.69, 9.17) is 4.99 Å². The molecule has 1 saturated carbocycles. The van der Waals surface area contributed by atoms with Crippen molar-refractivity contribution in [2.75, 3.05) is 12.3 Å². The number of nitrogens with one attached hydrogen (secondary N) is 1. The summed E-state index contributed by atoms with van der Waals surface area (Å²) in [6.45, 7) is 5.28. The van der Waals surface area contributed by atoms with Gasteiger partial charge in [-0.05, 0) is 38.5 Å². The van der Waals surface area contributed by atoms with Gasteiger partial charge in [-0.2, -0.15) is 0 Å². The summed E-state index contributed by atoms with van der Waals surface area (Å²) in [5.74, 6) is 2.11. The monoisotopic (exact) mass is 309 g/mol. The summed E-state index contributed by atoms with van der Waals surface area (Å²) in [5, 5.41) is 8.17. The van der Waals surface area contributed by atoms with Crippen molar-refractivity contribution in [2.24, 2.45) is 10.9 Å². The SMILES string of the molecule is Cc1nc(CCN=C2NC3(CCC(C)CC3)CS2)cs1. The summed E-state index contributed by atoms with van der Waals surface area (Å²) in [6.07, 6.45) is 6.30. The molecule has 0 atom stereocenters. The third-order valence-electron chi connectivity index (χ3n) is 4.38. The molecule has 1 N–H and O–H groups in total. The molecule has 0 unspecified atom stereocenters. The number of aromatic nitrogens is 1. The lowest BCUT2D eigenvalue weighted by atomic mass is 9.78. The van der Waals surface area contributed by atoms with E-state index in [1.54, 1.807) is 11.3 Å². The zero-order valence-corrected chi connectivity index (χ0v) is 13.9. The molecule has 0 amide bonds. The van der Waals surface area contributed by atoms with Crippen molar-refractivity contribution >= 4 is 28.3 Å². The van der Waals surface area contributed by atoms with Crippen LogP contribution in [0.3, 0.4) is 0 Å². The molecule has 1 aromatic rings. The van der Waals surface area contributed by atoms with Crippen LogP contribution in [0.4, 0.5) is 0 Å². The number of hydrogen-bond acceptors (Lipinski definition) is 4. The van der Waals surface area contributed by atoms with Crippen molar-refractivity contribution in [3.63, 3.8) is 0 Å². The predicted octanol–water partition coefficient (Wildman–Crippen LogP) is 3.64. The van der Waals surface area contributed by atoms with Crippen LogP contribution in [0.1, 0.15) is 43.3 Å². The van der Waals surface area contributed by atoms with E-state index in [0.29, 0.717) is 5.54 Å². The molecule has 20 heavy (non-hydrogen) atoms. The van der Waals surface area contributed by atoms with Gasteiger partial charge in [0.25, 0.3) is 0 Å². The van der Waals surface area contributed by atoms with Crippen molar-refractivity contribution in [3.05, 3.63) is 16.1 Å². The van der Waals surface area contributed by atoms with Crippen molar-refractivity contribution in [2.45, 2.75) is 51.5 Å². The molecule has 3 rings (SSSR count). The minimum Gasteiger partial charge on any atom is -0.359 e. The Hall–Kier alpha value is -0.550. The number of thioether (sulfide) groups is 1. The Morgan fingerprint density at radius 1 is 1.45 bits per heavy atom. The lowest BCUT2D eigenvalue weighted by Gasteiger charge is -2.35. The van der Waals surface area contributed by atoms with E-state index in [1.807, 2.05) is 11.8 Å². The van der Waals surface area contributed by atoms with Crippen LogP contribution in [0, 0.1) is 12.8 Å². The van der Waals surface area contributed by atoms with E-state index in [-0.39, 0.29) is 0 Å². The van der Waals surface area contributed by atoms with Gasteiger partial charge in [-0.15, -0.1) is 11.3 Å². The fraction of sp³-hybridized carbons (Fsp3) is 0.733. The minimum atomic E-state index is 0.354. The van der Waals surface area contributed by atoms with E-state index in [0.717, 1.165) is 29.1 Å². The Bertz CT molecular complexity index is 487. The standard InChI is InChI=1S/C15H23N3S2/c1-11-3-6-15(7-4-11)10-20-14(18-15)16-8-5-13-9-19-12(2)17-13/h9,11H,3-8,10H2,1-2H3,(H,16,18). The molecule has 1 saturated heterocycles. The Morgan fingerprint density at radius 2 is 2.25 bits per heavy atom. The van der Waals surface area contributed by atoms with Gasteiger partial charge >= 0.3 is 0 Å². The number of rotatable bonds is 3. The molecule has 0 radical (unpaired) electrons. The second-order valence-corrected chi connectivity index (χ2v) is 8.20. The topological polar surface area (TPSA) is 37.3 Å². The first-order chi connectivity index (χ1) is 9.65. The molecule has 1 aliphatic carbocycles.